The van der Waals surface area contributed by atoms with E-state index in [-0.39, 0.29) is 17.7 Å². The van der Waals surface area contributed by atoms with Gasteiger partial charge < -0.3 is 14.3 Å². The number of aryl methyl sites for hydroxylation is 2. The van der Waals surface area contributed by atoms with E-state index in [0.29, 0.717) is 30.4 Å². The number of hydrogen-bond acceptors (Lipinski definition) is 6. The average molecular weight is 437 g/mol. The maximum Gasteiger partial charge on any atom is 0.269 e. The molecule has 0 aliphatic heterocycles. The molecule has 0 bridgehead atoms. The zero-order valence-electron chi connectivity index (χ0n) is 18.4. The minimum Gasteiger partial charge on any atom is -0.441 e. The monoisotopic (exact) mass is 436 g/mol. The predicted octanol–water partition coefficient (Wildman–Crippen LogP) is 5.68. The van der Waals surface area contributed by atoms with Gasteiger partial charge >= 0.3 is 0 Å². The SMILES string of the molecule is Cc1cccc(-c2nc(C(O)C3CCCC(OCc4cccc([N+](=O)[O-])c4)C3)c(C)o2)c1. The van der Waals surface area contributed by atoms with Gasteiger partial charge in [-0.15, -0.1) is 0 Å². The molecule has 7 nitrogen and oxygen atoms in total. The van der Waals surface area contributed by atoms with E-state index in [2.05, 4.69) is 4.98 Å². The zero-order valence-corrected chi connectivity index (χ0v) is 18.4. The van der Waals surface area contributed by atoms with Gasteiger partial charge in [0.2, 0.25) is 5.89 Å². The quantitative estimate of drug-likeness (QED) is 0.378. The zero-order chi connectivity index (χ0) is 22.7. The number of aliphatic hydroxyl groups is 1. The van der Waals surface area contributed by atoms with E-state index in [4.69, 9.17) is 9.15 Å². The number of aliphatic hydroxyl groups excluding tert-OH is 1. The van der Waals surface area contributed by atoms with Gasteiger partial charge in [-0.05, 0) is 56.7 Å². The lowest BCUT2D eigenvalue weighted by atomic mass is 9.82. The molecule has 1 fully saturated rings. The number of benzene rings is 2. The summed E-state index contributed by atoms with van der Waals surface area (Å²) in [7, 11) is 0. The Balaban J connectivity index is 1.41. The van der Waals surface area contributed by atoms with Crippen LogP contribution in [0.5, 0.6) is 0 Å². The van der Waals surface area contributed by atoms with Crippen LogP contribution in [0.25, 0.3) is 11.5 Å². The average Bonchev–Trinajstić information content (AvgIpc) is 3.19. The first-order valence-electron chi connectivity index (χ1n) is 11.0. The Morgan fingerprint density at radius 1 is 1.22 bits per heavy atom. The molecule has 1 heterocycles. The Kier molecular flexibility index (Phi) is 6.67. The first-order chi connectivity index (χ1) is 15.4. The molecule has 1 aliphatic rings. The molecule has 1 saturated carbocycles. The standard InChI is InChI=1S/C25H28N2O5/c1-16-6-3-9-20(12-16)25-26-23(17(2)32-25)24(28)19-8-5-11-22(14-19)31-15-18-7-4-10-21(13-18)27(29)30/h3-4,6-7,9-10,12-13,19,22,24,28H,5,8,11,14-15H2,1-2H3. The molecule has 168 valence electrons. The van der Waals surface area contributed by atoms with Crippen molar-refractivity contribution in [2.45, 2.75) is 58.3 Å². The summed E-state index contributed by atoms with van der Waals surface area (Å²) in [5, 5.41) is 22.1. The van der Waals surface area contributed by atoms with E-state index in [0.717, 1.165) is 36.0 Å². The van der Waals surface area contributed by atoms with Crippen molar-refractivity contribution < 1.29 is 19.2 Å². The number of nitro groups is 1. The molecule has 3 unspecified atom stereocenters. The molecule has 0 radical (unpaired) electrons. The maximum absolute atomic E-state index is 11.1. The van der Waals surface area contributed by atoms with Gasteiger partial charge in [0.05, 0.1) is 17.6 Å². The van der Waals surface area contributed by atoms with E-state index in [1.54, 1.807) is 12.1 Å². The third-order valence-corrected chi connectivity index (χ3v) is 6.10. The number of nitrogens with zero attached hydrogens (tertiary/aromatic N) is 2. The topological polar surface area (TPSA) is 98.6 Å². The summed E-state index contributed by atoms with van der Waals surface area (Å²) in [6.07, 6.45) is 2.73. The van der Waals surface area contributed by atoms with Crippen molar-refractivity contribution in [3.05, 3.63) is 81.2 Å². The van der Waals surface area contributed by atoms with Crippen LogP contribution >= 0.6 is 0 Å². The van der Waals surface area contributed by atoms with Crippen molar-refractivity contribution in [3.8, 4) is 11.5 Å². The number of rotatable bonds is 7. The highest BCUT2D eigenvalue weighted by atomic mass is 16.6. The highest BCUT2D eigenvalue weighted by Gasteiger charge is 2.32. The Morgan fingerprint density at radius 2 is 2.03 bits per heavy atom. The van der Waals surface area contributed by atoms with Crippen LogP contribution in [0.1, 0.15) is 54.4 Å². The first kappa shape index (κ1) is 22.2. The van der Waals surface area contributed by atoms with Crippen molar-refractivity contribution in [2.75, 3.05) is 0 Å². The van der Waals surface area contributed by atoms with Gasteiger partial charge in [0.1, 0.15) is 17.6 Å². The van der Waals surface area contributed by atoms with E-state index in [1.165, 1.54) is 6.07 Å². The van der Waals surface area contributed by atoms with Gasteiger partial charge in [0.25, 0.3) is 5.69 Å². The van der Waals surface area contributed by atoms with Gasteiger partial charge in [0.15, 0.2) is 0 Å². The molecule has 7 heteroatoms. The summed E-state index contributed by atoms with van der Waals surface area (Å²) < 4.78 is 11.9. The molecule has 0 spiro atoms. The second kappa shape index (κ2) is 9.63. The molecule has 3 atom stereocenters. The second-order valence-electron chi connectivity index (χ2n) is 8.56. The lowest BCUT2D eigenvalue weighted by Crippen LogP contribution is -2.27. The Labute approximate surface area is 187 Å². The summed E-state index contributed by atoms with van der Waals surface area (Å²) in [6.45, 7) is 4.17. The minimum atomic E-state index is -0.721. The van der Waals surface area contributed by atoms with Crippen molar-refractivity contribution in [1.82, 2.24) is 4.98 Å². The van der Waals surface area contributed by atoms with Gasteiger partial charge in [-0.1, -0.05) is 36.2 Å². The van der Waals surface area contributed by atoms with Gasteiger partial charge in [-0.25, -0.2) is 4.98 Å². The molecular weight excluding hydrogens is 408 g/mol. The van der Waals surface area contributed by atoms with E-state index < -0.39 is 11.0 Å². The number of non-ortho nitro benzene ring substituents is 1. The fraction of sp³-hybridized carbons (Fsp3) is 0.400. The van der Waals surface area contributed by atoms with Crippen LogP contribution in [0.15, 0.2) is 52.9 Å². The number of oxazole rings is 1. The lowest BCUT2D eigenvalue weighted by molar-refractivity contribution is -0.385. The largest absolute Gasteiger partial charge is 0.441 e. The third-order valence-electron chi connectivity index (χ3n) is 6.10. The molecule has 1 aliphatic carbocycles. The molecule has 1 N–H and O–H groups in total. The summed E-state index contributed by atoms with van der Waals surface area (Å²) in [6, 6.07) is 14.5. The molecule has 0 saturated heterocycles. The number of aromatic nitrogens is 1. The van der Waals surface area contributed by atoms with Crippen molar-refractivity contribution in [3.63, 3.8) is 0 Å². The highest BCUT2D eigenvalue weighted by molar-refractivity contribution is 5.55. The van der Waals surface area contributed by atoms with Crippen LogP contribution in [-0.2, 0) is 11.3 Å². The summed E-state index contributed by atoms with van der Waals surface area (Å²) >= 11 is 0. The highest BCUT2D eigenvalue weighted by Crippen LogP contribution is 2.38. The smallest absolute Gasteiger partial charge is 0.269 e. The van der Waals surface area contributed by atoms with E-state index >= 15 is 0 Å². The Bertz CT molecular complexity index is 1090. The predicted molar refractivity (Wildman–Crippen MR) is 120 cm³/mol. The summed E-state index contributed by atoms with van der Waals surface area (Å²) in [4.78, 5) is 15.2. The molecule has 4 rings (SSSR count). The molecule has 2 aromatic carbocycles. The van der Waals surface area contributed by atoms with E-state index in [1.807, 2.05) is 44.2 Å². The Hall–Kier alpha value is -3.03. The summed E-state index contributed by atoms with van der Waals surface area (Å²) in [5.41, 5.74) is 3.45. The van der Waals surface area contributed by atoms with Crippen LogP contribution < -0.4 is 0 Å². The maximum atomic E-state index is 11.1. The lowest BCUT2D eigenvalue weighted by Gasteiger charge is -2.31. The Morgan fingerprint density at radius 3 is 2.81 bits per heavy atom. The fourth-order valence-electron chi connectivity index (χ4n) is 4.40. The molecule has 3 aromatic rings. The summed E-state index contributed by atoms with van der Waals surface area (Å²) in [5.74, 6) is 1.18. The molecule has 0 amide bonds. The minimum absolute atomic E-state index is 0.00823. The molecule has 32 heavy (non-hydrogen) atoms. The van der Waals surface area contributed by atoms with Crippen LogP contribution in [0.2, 0.25) is 0 Å². The normalized spacial score (nSPS) is 19.6. The van der Waals surface area contributed by atoms with Crippen molar-refractivity contribution >= 4 is 5.69 Å². The first-order valence-corrected chi connectivity index (χ1v) is 11.0. The van der Waals surface area contributed by atoms with Gasteiger partial charge in [0, 0.05) is 17.7 Å². The van der Waals surface area contributed by atoms with Crippen molar-refractivity contribution in [1.29, 1.82) is 0 Å². The number of ether oxygens (including phenoxy) is 1. The molecular formula is C25H28N2O5. The van der Waals surface area contributed by atoms with E-state index in [9.17, 15) is 15.2 Å². The van der Waals surface area contributed by atoms with Crippen LogP contribution in [0.4, 0.5) is 5.69 Å². The molecule has 1 aromatic heterocycles. The number of hydrogen-bond donors (Lipinski definition) is 1. The van der Waals surface area contributed by atoms with Crippen molar-refractivity contribution in [2.24, 2.45) is 5.92 Å². The number of nitro benzene ring substituents is 1. The fourth-order valence-corrected chi connectivity index (χ4v) is 4.40. The van der Waals surface area contributed by atoms with Gasteiger partial charge in [-0.2, -0.15) is 0 Å². The van der Waals surface area contributed by atoms with Crippen LogP contribution in [-0.4, -0.2) is 21.1 Å². The van der Waals surface area contributed by atoms with Gasteiger partial charge in [-0.3, -0.25) is 10.1 Å². The van der Waals surface area contributed by atoms with Crippen LogP contribution in [0, 0.1) is 29.9 Å². The van der Waals surface area contributed by atoms with Crippen LogP contribution in [0.3, 0.4) is 0 Å². The second-order valence-corrected chi connectivity index (χ2v) is 8.56. The third kappa shape index (κ3) is 5.06.